The van der Waals surface area contributed by atoms with Gasteiger partial charge in [-0.1, -0.05) is 43.0 Å². The lowest BCUT2D eigenvalue weighted by Crippen LogP contribution is -2.37. The summed E-state index contributed by atoms with van der Waals surface area (Å²) in [7, 11) is 0. The molecule has 4 heteroatoms. The molecule has 1 N–H and O–H groups in total. The van der Waals surface area contributed by atoms with Crippen molar-refractivity contribution in [1.82, 2.24) is 4.90 Å². The topological polar surface area (TPSA) is 41.6 Å². The number of amides is 1. The van der Waals surface area contributed by atoms with E-state index < -0.39 is 0 Å². The van der Waals surface area contributed by atoms with Gasteiger partial charge in [0, 0.05) is 24.2 Å². The van der Waals surface area contributed by atoms with Crippen LogP contribution in [0.5, 0.6) is 5.75 Å². The van der Waals surface area contributed by atoms with E-state index in [1.807, 2.05) is 24.3 Å². The molecular weight excluding hydrogens is 336 g/mol. The molecule has 0 aromatic heterocycles. The summed E-state index contributed by atoms with van der Waals surface area (Å²) >= 11 is 0. The van der Waals surface area contributed by atoms with Gasteiger partial charge in [0.1, 0.15) is 12.4 Å². The summed E-state index contributed by atoms with van der Waals surface area (Å²) < 4.78 is 5.53. The van der Waals surface area contributed by atoms with Crippen LogP contribution >= 0.6 is 0 Å². The van der Waals surface area contributed by atoms with E-state index in [0.717, 1.165) is 43.9 Å². The first-order valence-electron chi connectivity index (χ1n) is 9.57. The lowest BCUT2D eigenvalue weighted by Gasteiger charge is -2.31. The molecule has 2 aromatic rings. The number of anilines is 1. The number of likely N-dealkylation sites (tertiary alicyclic amines) is 1. The Kier molecular flexibility index (Phi) is 6.66. The number of carbonyl (C=O) groups excluding carboxylic acids is 1. The second-order valence-corrected chi connectivity index (χ2v) is 7.09. The monoisotopic (exact) mass is 364 g/mol. The first-order chi connectivity index (χ1) is 13.2. The maximum absolute atomic E-state index is 12.6. The molecule has 3 rings (SSSR count). The molecule has 0 bridgehead atoms. The Hall–Kier alpha value is -2.59. The second kappa shape index (κ2) is 9.38. The highest BCUT2D eigenvalue weighted by atomic mass is 16.5. The van der Waals surface area contributed by atoms with Crippen molar-refractivity contribution in [1.29, 1.82) is 0 Å². The van der Waals surface area contributed by atoms with Crippen LogP contribution in [0.25, 0.3) is 0 Å². The number of nitrogens with one attached hydrogen (secondary N) is 1. The summed E-state index contributed by atoms with van der Waals surface area (Å²) in [5.74, 6) is 0.906. The largest absolute Gasteiger partial charge is 0.489 e. The molecule has 1 amide bonds. The van der Waals surface area contributed by atoms with Crippen molar-refractivity contribution in [3.63, 3.8) is 0 Å². The minimum atomic E-state index is 0.0656. The smallest absolute Gasteiger partial charge is 0.227 e. The number of aryl methyl sites for hydroxylation is 1. The van der Waals surface area contributed by atoms with Crippen LogP contribution in [-0.4, -0.2) is 30.5 Å². The molecule has 1 aliphatic rings. The molecule has 0 aliphatic carbocycles. The Morgan fingerprint density at radius 1 is 1.22 bits per heavy atom. The number of benzene rings is 2. The molecular formula is C23H28N2O2. The lowest BCUT2D eigenvalue weighted by molar-refractivity contribution is -0.121. The quantitative estimate of drug-likeness (QED) is 0.740. The number of rotatable bonds is 7. The van der Waals surface area contributed by atoms with Gasteiger partial charge in [-0.2, -0.15) is 0 Å². The molecule has 4 nitrogen and oxygen atoms in total. The minimum Gasteiger partial charge on any atom is -0.489 e. The summed E-state index contributed by atoms with van der Waals surface area (Å²) in [6, 6.07) is 16.0. The van der Waals surface area contributed by atoms with Crippen molar-refractivity contribution in [3.8, 4) is 5.75 Å². The third kappa shape index (κ3) is 5.44. The highest BCUT2D eigenvalue weighted by molar-refractivity contribution is 5.92. The van der Waals surface area contributed by atoms with E-state index >= 15 is 0 Å². The van der Waals surface area contributed by atoms with Gasteiger partial charge in [-0.05, 0) is 56.1 Å². The Balaban J connectivity index is 1.50. The molecule has 27 heavy (non-hydrogen) atoms. The van der Waals surface area contributed by atoms with Crippen LogP contribution in [0.15, 0.2) is 61.2 Å². The average molecular weight is 364 g/mol. The molecule has 1 fully saturated rings. The molecule has 2 aromatic carbocycles. The molecule has 0 atom stereocenters. The van der Waals surface area contributed by atoms with Crippen LogP contribution in [0, 0.1) is 12.8 Å². The molecule has 1 aliphatic heterocycles. The van der Waals surface area contributed by atoms with Crippen LogP contribution in [0.3, 0.4) is 0 Å². The van der Waals surface area contributed by atoms with E-state index in [9.17, 15) is 4.79 Å². The maximum atomic E-state index is 12.6. The molecule has 142 valence electrons. The number of hydrogen-bond acceptors (Lipinski definition) is 3. The summed E-state index contributed by atoms with van der Waals surface area (Å²) in [6.45, 7) is 9.13. The van der Waals surface area contributed by atoms with E-state index in [-0.39, 0.29) is 11.8 Å². The van der Waals surface area contributed by atoms with Crippen molar-refractivity contribution in [2.24, 2.45) is 5.92 Å². The fourth-order valence-corrected chi connectivity index (χ4v) is 3.44. The Bertz CT molecular complexity index is 779. The number of piperidine rings is 1. The summed E-state index contributed by atoms with van der Waals surface area (Å²) in [4.78, 5) is 15.1. The number of carbonyl (C=O) groups is 1. The van der Waals surface area contributed by atoms with Crippen molar-refractivity contribution in [2.75, 3.05) is 25.0 Å². The first-order valence-corrected chi connectivity index (χ1v) is 9.57. The zero-order valence-corrected chi connectivity index (χ0v) is 16.0. The van der Waals surface area contributed by atoms with Crippen molar-refractivity contribution in [2.45, 2.75) is 26.3 Å². The predicted octanol–water partition coefficient (Wildman–Crippen LogP) is 4.41. The minimum absolute atomic E-state index is 0.0656. The van der Waals surface area contributed by atoms with Gasteiger partial charge >= 0.3 is 0 Å². The van der Waals surface area contributed by atoms with E-state index in [0.29, 0.717) is 6.61 Å². The van der Waals surface area contributed by atoms with Gasteiger partial charge in [-0.3, -0.25) is 9.69 Å². The van der Waals surface area contributed by atoms with E-state index in [1.54, 1.807) is 6.08 Å². The zero-order valence-electron chi connectivity index (χ0n) is 16.0. The standard InChI is InChI=1S/C23H28N2O2/c1-3-15-27-22-10-6-9-21(16-22)24-23(26)19-11-13-25(14-12-19)17-20-8-5-4-7-18(20)2/h3-10,16,19H,1,11-15,17H2,2H3,(H,24,26). The zero-order chi connectivity index (χ0) is 19.1. The van der Waals surface area contributed by atoms with Crippen LogP contribution in [0.2, 0.25) is 0 Å². The van der Waals surface area contributed by atoms with Crippen LogP contribution in [0.4, 0.5) is 5.69 Å². The van der Waals surface area contributed by atoms with Gasteiger partial charge in [0.2, 0.25) is 5.91 Å². The van der Waals surface area contributed by atoms with Gasteiger partial charge in [-0.25, -0.2) is 0 Å². The predicted molar refractivity (Wildman–Crippen MR) is 110 cm³/mol. The molecule has 1 heterocycles. The summed E-state index contributed by atoms with van der Waals surface area (Å²) in [5.41, 5.74) is 3.48. The highest BCUT2D eigenvalue weighted by Gasteiger charge is 2.25. The van der Waals surface area contributed by atoms with Gasteiger partial charge in [-0.15, -0.1) is 0 Å². The van der Waals surface area contributed by atoms with Gasteiger partial charge in [0.25, 0.3) is 0 Å². The third-order valence-corrected chi connectivity index (χ3v) is 5.08. The van der Waals surface area contributed by atoms with E-state index in [4.69, 9.17) is 4.74 Å². The maximum Gasteiger partial charge on any atom is 0.227 e. The van der Waals surface area contributed by atoms with Crippen LogP contribution in [0.1, 0.15) is 24.0 Å². The molecule has 0 spiro atoms. The summed E-state index contributed by atoms with van der Waals surface area (Å²) in [5, 5.41) is 3.04. The lowest BCUT2D eigenvalue weighted by atomic mass is 9.95. The van der Waals surface area contributed by atoms with Gasteiger partial charge in [0.15, 0.2) is 0 Å². The first kappa shape index (κ1) is 19.2. The SMILES string of the molecule is C=CCOc1cccc(NC(=O)C2CCN(Cc3ccccc3C)CC2)c1. The van der Waals surface area contributed by atoms with E-state index in [1.165, 1.54) is 11.1 Å². The fourth-order valence-electron chi connectivity index (χ4n) is 3.44. The Morgan fingerprint density at radius 3 is 2.74 bits per heavy atom. The average Bonchev–Trinajstić information content (AvgIpc) is 2.69. The molecule has 0 saturated carbocycles. The molecule has 1 saturated heterocycles. The normalized spacial score (nSPS) is 15.3. The Morgan fingerprint density at radius 2 is 2.00 bits per heavy atom. The number of hydrogen-bond donors (Lipinski definition) is 1. The number of nitrogens with zero attached hydrogens (tertiary/aromatic N) is 1. The second-order valence-electron chi connectivity index (χ2n) is 7.09. The van der Waals surface area contributed by atoms with Crippen molar-refractivity contribution < 1.29 is 9.53 Å². The van der Waals surface area contributed by atoms with Crippen LogP contribution in [-0.2, 0) is 11.3 Å². The summed E-state index contributed by atoms with van der Waals surface area (Å²) in [6.07, 6.45) is 3.49. The number of ether oxygens (including phenoxy) is 1. The Labute approximate surface area is 161 Å². The van der Waals surface area contributed by atoms with E-state index in [2.05, 4.69) is 48.0 Å². The van der Waals surface area contributed by atoms with Crippen molar-refractivity contribution in [3.05, 3.63) is 72.3 Å². The van der Waals surface area contributed by atoms with Crippen molar-refractivity contribution >= 4 is 11.6 Å². The molecule has 0 radical (unpaired) electrons. The van der Waals surface area contributed by atoms with Gasteiger partial charge in [0.05, 0.1) is 0 Å². The fraction of sp³-hybridized carbons (Fsp3) is 0.348. The third-order valence-electron chi connectivity index (χ3n) is 5.08. The van der Waals surface area contributed by atoms with Crippen LogP contribution < -0.4 is 10.1 Å². The molecule has 0 unspecified atom stereocenters. The van der Waals surface area contributed by atoms with Gasteiger partial charge < -0.3 is 10.1 Å². The highest BCUT2D eigenvalue weighted by Crippen LogP contribution is 2.23.